The molecule has 1 saturated heterocycles. The molecule has 1 atom stereocenters. The van der Waals surface area contributed by atoms with Crippen molar-refractivity contribution in [2.45, 2.75) is 50.1 Å². The van der Waals surface area contributed by atoms with Gasteiger partial charge in [0.1, 0.15) is 0 Å². The van der Waals surface area contributed by atoms with Gasteiger partial charge in [-0.2, -0.15) is 0 Å². The predicted octanol–water partition coefficient (Wildman–Crippen LogP) is 1.01. The van der Waals surface area contributed by atoms with Gasteiger partial charge in [-0.1, -0.05) is 12.8 Å². The van der Waals surface area contributed by atoms with Gasteiger partial charge in [0.25, 0.3) is 0 Å². The summed E-state index contributed by atoms with van der Waals surface area (Å²) in [7, 11) is 0. The van der Waals surface area contributed by atoms with E-state index in [1.54, 1.807) is 0 Å². The van der Waals surface area contributed by atoms with Gasteiger partial charge in [0.15, 0.2) is 0 Å². The largest absolute Gasteiger partial charge is 0.328 e. The van der Waals surface area contributed by atoms with Crippen LogP contribution in [-0.4, -0.2) is 18.1 Å². The third kappa shape index (κ3) is 1.42. The summed E-state index contributed by atoms with van der Waals surface area (Å²) in [5, 5.41) is 3.64. The Hall–Kier alpha value is -0.0800. The summed E-state index contributed by atoms with van der Waals surface area (Å²) in [4.78, 5) is 0. The lowest BCUT2D eigenvalue weighted by Gasteiger charge is -2.37. The van der Waals surface area contributed by atoms with Crippen LogP contribution in [0.4, 0.5) is 0 Å². The second kappa shape index (κ2) is 2.76. The fourth-order valence-corrected chi connectivity index (χ4v) is 2.63. The molecule has 2 aliphatic rings. The minimum Gasteiger partial charge on any atom is -0.328 e. The Morgan fingerprint density at radius 2 is 2.00 bits per heavy atom. The van der Waals surface area contributed by atoms with Gasteiger partial charge < -0.3 is 11.1 Å². The van der Waals surface area contributed by atoms with Gasteiger partial charge in [-0.25, -0.2) is 0 Å². The van der Waals surface area contributed by atoms with Gasteiger partial charge >= 0.3 is 0 Å². The lowest BCUT2D eigenvalue weighted by Crippen LogP contribution is -2.52. The van der Waals surface area contributed by atoms with Crippen LogP contribution in [0.3, 0.4) is 0 Å². The highest BCUT2D eigenvalue weighted by atomic mass is 15.0. The lowest BCUT2D eigenvalue weighted by atomic mass is 9.85. The summed E-state index contributed by atoms with van der Waals surface area (Å²) >= 11 is 0. The van der Waals surface area contributed by atoms with E-state index in [-0.39, 0.29) is 0 Å². The SMILES string of the molecule is NC1CCNC2(CCCC2)C1. The van der Waals surface area contributed by atoms with Crippen LogP contribution < -0.4 is 11.1 Å². The molecule has 0 amide bonds. The van der Waals surface area contributed by atoms with Gasteiger partial charge in [0.2, 0.25) is 0 Å². The average Bonchev–Trinajstić information content (AvgIpc) is 2.37. The van der Waals surface area contributed by atoms with Crippen LogP contribution in [0.5, 0.6) is 0 Å². The molecule has 1 aliphatic carbocycles. The van der Waals surface area contributed by atoms with E-state index >= 15 is 0 Å². The molecule has 2 nitrogen and oxygen atoms in total. The minimum absolute atomic E-state index is 0.467. The van der Waals surface area contributed by atoms with Gasteiger partial charge in [-0.3, -0.25) is 0 Å². The van der Waals surface area contributed by atoms with Gasteiger partial charge in [-0.15, -0.1) is 0 Å². The zero-order valence-corrected chi connectivity index (χ0v) is 7.10. The number of hydrogen-bond donors (Lipinski definition) is 2. The number of rotatable bonds is 0. The molecule has 3 N–H and O–H groups in total. The van der Waals surface area contributed by atoms with Crippen molar-refractivity contribution in [2.75, 3.05) is 6.54 Å². The number of piperidine rings is 1. The maximum Gasteiger partial charge on any atom is 0.0196 e. The van der Waals surface area contributed by atoms with Crippen molar-refractivity contribution in [1.82, 2.24) is 5.32 Å². The molecule has 1 aliphatic heterocycles. The maximum absolute atomic E-state index is 5.95. The summed E-state index contributed by atoms with van der Waals surface area (Å²) in [6.45, 7) is 1.14. The highest BCUT2D eigenvalue weighted by Crippen LogP contribution is 2.35. The van der Waals surface area contributed by atoms with E-state index in [2.05, 4.69) is 5.32 Å². The van der Waals surface area contributed by atoms with Crippen LogP contribution in [0, 0.1) is 0 Å². The lowest BCUT2D eigenvalue weighted by molar-refractivity contribution is 0.238. The Labute approximate surface area is 68.5 Å². The molecule has 1 spiro atoms. The molecule has 1 unspecified atom stereocenters. The fourth-order valence-electron chi connectivity index (χ4n) is 2.63. The summed E-state index contributed by atoms with van der Waals surface area (Å²) in [6.07, 6.45) is 7.91. The van der Waals surface area contributed by atoms with E-state index in [1.165, 1.54) is 38.5 Å². The smallest absolute Gasteiger partial charge is 0.0196 e. The zero-order valence-electron chi connectivity index (χ0n) is 7.10. The first-order valence-electron chi connectivity index (χ1n) is 4.81. The first kappa shape index (κ1) is 7.56. The minimum atomic E-state index is 0.467. The third-order valence-electron chi connectivity index (χ3n) is 3.23. The van der Waals surface area contributed by atoms with Crippen molar-refractivity contribution < 1.29 is 0 Å². The molecule has 1 saturated carbocycles. The van der Waals surface area contributed by atoms with E-state index in [9.17, 15) is 0 Å². The van der Waals surface area contributed by atoms with E-state index in [1.807, 2.05) is 0 Å². The monoisotopic (exact) mass is 154 g/mol. The molecule has 0 radical (unpaired) electrons. The molecule has 0 aromatic rings. The number of nitrogens with one attached hydrogen (secondary N) is 1. The van der Waals surface area contributed by atoms with Crippen molar-refractivity contribution in [3.05, 3.63) is 0 Å². The first-order valence-corrected chi connectivity index (χ1v) is 4.81. The van der Waals surface area contributed by atoms with Crippen molar-refractivity contribution in [3.63, 3.8) is 0 Å². The summed E-state index contributed by atoms with van der Waals surface area (Å²) in [5.74, 6) is 0. The quantitative estimate of drug-likeness (QED) is 0.546. The van der Waals surface area contributed by atoms with E-state index in [0.29, 0.717) is 11.6 Å². The van der Waals surface area contributed by atoms with Gasteiger partial charge in [0.05, 0.1) is 0 Å². The van der Waals surface area contributed by atoms with Crippen LogP contribution in [0.1, 0.15) is 38.5 Å². The Bertz CT molecular complexity index is 138. The highest BCUT2D eigenvalue weighted by molar-refractivity contribution is 4.98. The molecule has 11 heavy (non-hydrogen) atoms. The summed E-state index contributed by atoms with van der Waals surface area (Å²) in [6, 6.07) is 0.467. The Morgan fingerprint density at radius 1 is 1.27 bits per heavy atom. The predicted molar refractivity (Wildman–Crippen MR) is 46.4 cm³/mol. The van der Waals surface area contributed by atoms with Gasteiger partial charge in [0, 0.05) is 11.6 Å². The first-order chi connectivity index (χ1) is 5.31. The molecule has 0 aromatic heterocycles. The summed E-state index contributed by atoms with van der Waals surface area (Å²) < 4.78 is 0. The van der Waals surface area contributed by atoms with Gasteiger partial charge in [-0.05, 0) is 32.2 Å². The van der Waals surface area contributed by atoms with Crippen LogP contribution in [0.2, 0.25) is 0 Å². The molecule has 64 valence electrons. The summed E-state index contributed by atoms with van der Waals surface area (Å²) in [5.41, 5.74) is 6.42. The third-order valence-corrected chi connectivity index (χ3v) is 3.23. The molecular weight excluding hydrogens is 136 g/mol. The zero-order chi connectivity index (χ0) is 7.73. The fraction of sp³-hybridized carbons (Fsp3) is 1.00. The molecule has 1 heterocycles. The van der Waals surface area contributed by atoms with Crippen molar-refractivity contribution in [1.29, 1.82) is 0 Å². The number of nitrogens with two attached hydrogens (primary N) is 1. The van der Waals surface area contributed by atoms with Crippen molar-refractivity contribution in [2.24, 2.45) is 5.73 Å². The molecule has 2 heteroatoms. The number of hydrogen-bond acceptors (Lipinski definition) is 2. The van der Waals surface area contributed by atoms with E-state index in [0.717, 1.165) is 6.54 Å². The molecule has 0 bridgehead atoms. The van der Waals surface area contributed by atoms with Crippen LogP contribution in [0.25, 0.3) is 0 Å². The highest BCUT2D eigenvalue weighted by Gasteiger charge is 2.36. The van der Waals surface area contributed by atoms with Crippen LogP contribution in [-0.2, 0) is 0 Å². The Morgan fingerprint density at radius 3 is 2.64 bits per heavy atom. The topological polar surface area (TPSA) is 38.0 Å². The molecule has 0 aromatic carbocycles. The molecular formula is C9H18N2. The average molecular weight is 154 g/mol. The van der Waals surface area contributed by atoms with Crippen LogP contribution in [0.15, 0.2) is 0 Å². The second-order valence-corrected chi connectivity index (χ2v) is 4.17. The van der Waals surface area contributed by atoms with Crippen LogP contribution >= 0.6 is 0 Å². The van der Waals surface area contributed by atoms with E-state index < -0.39 is 0 Å². The van der Waals surface area contributed by atoms with Crippen molar-refractivity contribution >= 4 is 0 Å². The normalized spacial score (nSPS) is 36.3. The standard InChI is InChI=1S/C9H18N2/c10-8-3-6-11-9(7-8)4-1-2-5-9/h8,11H,1-7,10H2. The van der Waals surface area contributed by atoms with Crippen molar-refractivity contribution in [3.8, 4) is 0 Å². The maximum atomic E-state index is 5.95. The Kier molecular flexibility index (Phi) is 1.90. The molecule has 2 rings (SSSR count). The molecule has 2 fully saturated rings. The van der Waals surface area contributed by atoms with E-state index in [4.69, 9.17) is 5.73 Å². The second-order valence-electron chi connectivity index (χ2n) is 4.17. The Balaban J connectivity index is 2.00.